The molecule has 0 spiro atoms. The first kappa shape index (κ1) is 25.4. The molecule has 0 bridgehead atoms. The fraction of sp³-hybridized carbons (Fsp3) is 0.208. The number of sulfonamides is 1. The summed E-state index contributed by atoms with van der Waals surface area (Å²) in [6, 6.07) is 16.6. The third kappa shape index (κ3) is 6.43. The predicted molar refractivity (Wildman–Crippen MR) is 132 cm³/mol. The lowest BCUT2D eigenvalue weighted by Crippen LogP contribution is -2.41. The van der Waals surface area contributed by atoms with E-state index in [4.69, 9.17) is 0 Å². The minimum atomic E-state index is -3.70. The number of hydrogen-bond acceptors (Lipinski definition) is 6. The number of benzene rings is 2. The molecular weight excluding hydrogens is 472 g/mol. The summed E-state index contributed by atoms with van der Waals surface area (Å²) in [4.78, 5) is 30.0. The van der Waals surface area contributed by atoms with Crippen LogP contribution in [0.25, 0.3) is 0 Å². The van der Waals surface area contributed by atoms with Crippen LogP contribution in [0, 0.1) is 0 Å². The quantitative estimate of drug-likeness (QED) is 0.345. The number of aromatic nitrogens is 1. The molecule has 0 atom stereocenters. The molecule has 0 aliphatic carbocycles. The summed E-state index contributed by atoms with van der Waals surface area (Å²) >= 11 is 1.62. The standard InChI is InChI=1S/C24H26N4O4S2/c1-3-28(4-2)34(31,32)22-9-5-8-20(15-22)24(30)27-26-23(29)19-10-12-21(13-11-19)33-17-18-7-6-14-25-16-18/h5-16H,3-4,17H2,1-2H3,(H,26,29)(H,27,30). The Labute approximate surface area is 203 Å². The number of rotatable bonds is 9. The lowest BCUT2D eigenvalue weighted by Gasteiger charge is -2.18. The first-order valence-electron chi connectivity index (χ1n) is 10.7. The second-order valence-electron chi connectivity index (χ2n) is 7.20. The summed E-state index contributed by atoms with van der Waals surface area (Å²) < 4.78 is 26.7. The van der Waals surface area contributed by atoms with Gasteiger partial charge in [-0.25, -0.2) is 8.42 Å². The van der Waals surface area contributed by atoms with Gasteiger partial charge in [-0.3, -0.25) is 25.4 Å². The molecule has 34 heavy (non-hydrogen) atoms. The van der Waals surface area contributed by atoms with E-state index in [2.05, 4.69) is 15.8 Å². The van der Waals surface area contributed by atoms with Gasteiger partial charge in [-0.15, -0.1) is 11.8 Å². The maximum atomic E-state index is 12.7. The van der Waals surface area contributed by atoms with Gasteiger partial charge in [0, 0.05) is 47.3 Å². The molecule has 0 fully saturated rings. The van der Waals surface area contributed by atoms with Crippen molar-refractivity contribution >= 4 is 33.6 Å². The molecule has 0 saturated heterocycles. The normalized spacial score (nSPS) is 11.3. The van der Waals surface area contributed by atoms with Crippen molar-refractivity contribution in [3.8, 4) is 0 Å². The van der Waals surface area contributed by atoms with Gasteiger partial charge in [-0.1, -0.05) is 26.0 Å². The van der Waals surface area contributed by atoms with E-state index in [1.165, 1.54) is 28.6 Å². The van der Waals surface area contributed by atoms with Gasteiger partial charge < -0.3 is 0 Å². The van der Waals surface area contributed by atoms with Crippen LogP contribution in [0.4, 0.5) is 0 Å². The monoisotopic (exact) mass is 498 g/mol. The van der Waals surface area contributed by atoms with E-state index in [0.717, 1.165) is 16.2 Å². The van der Waals surface area contributed by atoms with Gasteiger partial charge in [0.2, 0.25) is 10.0 Å². The van der Waals surface area contributed by atoms with Crippen LogP contribution in [0.5, 0.6) is 0 Å². The number of thioether (sulfide) groups is 1. The Bertz CT molecular complexity index is 1230. The zero-order valence-electron chi connectivity index (χ0n) is 18.9. The van der Waals surface area contributed by atoms with Crippen molar-refractivity contribution in [3.05, 3.63) is 89.7 Å². The third-order valence-electron chi connectivity index (χ3n) is 4.97. The fourth-order valence-electron chi connectivity index (χ4n) is 3.12. The maximum Gasteiger partial charge on any atom is 0.269 e. The largest absolute Gasteiger partial charge is 0.269 e. The number of hydrogen-bond donors (Lipinski definition) is 2. The van der Waals surface area contributed by atoms with E-state index in [1.54, 1.807) is 43.9 Å². The SMILES string of the molecule is CCN(CC)S(=O)(=O)c1cccc(C(=O)NNC(=O)c2ccc(SCc3cccnc3)cc2)c1. The van der Waals surface area contributed by atoms with E-state index in [0.29, 0.717) is 18.7 Å². The highest BCUT2D eigenvalue weighted by Crippen LogP contribution is 2.22. The molecule has 8 nitrogen and oxygen atoms in total. The van der Waals surface area contributed by atoms with Gasteiger partial charge in [-0.05, 0) is 54.1 Å². The lowest BCUT2D eigenvalue weighted by atomic mass is 10.2. The molecule has 0 radical (unpaired) electrons. The van der Waals surface area contributed by atoms with Crippen LogP contribution < -0.4 is 10.9 Å². The Morgan fingerprint density at radius 1 is 0.912 bits per heavy atom. The number of carbonyl (C=O) groups excluding carboxylic acids is 2. The van der Waals surface area contributed by atoms with Crippen molar-refractivity contribution in [1.82, 2.24) is 20.1 Å². The molecule has 0 aliphatic rings. The van der Waals surface area contributed by atoms with Crippen molar-refractivity contribution < 1.29 is 18.0 Å². The van der Waals surface area contributed by atoms with Gasteiger partial charge in [-0.2, -0.15) is 4.31 Å². The Morgan fingerprint density at radius 3 is 2.21 bits per heavy atom. The van der Waals surface area contributed by atoms with Crippen LogP contribution in [0.2, 0.25) is 0 Å². The van der Waals surface area contributed by atoms with Crippen molar-refractivity contribution in [2.45, 2.75) is 29.4 Å². The van der Waals surface area contributed by atoms with E-state index in [-0.39, 0.29) is 10.5 Å². The Kier molecular flexibility index (Phi) is 8.80. The molecule has 2 N–H and O–H groups in total. The second-order valence-corrected chi connectivity index (χ2v) is 10.2. The summed E-state index contributed by atoms with van der Waals surface area (Å²) in [5, 5.41) is 0. The number of pyridine rings is 1. The Morgan fingerprint density at radius 2 is 1.59 bits per heavy atom. The van der Waals surface area contributed by atoms with Crippen LogP contribution in [0.1, 0.15) is 40.1 Å². The van der Waals surface area contributed by atoms with Gasteiger partial charge >= 0.3 is 0 Å². The summed E-state index contributed by atoms with van der Waals surface area (Å²) in [7, 11) is -3.70. The first-order valence-corrected chi connectivity index (χ1v) is 13.1. The molecule has 1 heterocycles. The van der Waals surface area contributed by atoms with E-state index >= 15 is 0 Å². The molecule has 0 aliphatic heterocycles. The highest BCUT2D eigenvalue weighted by molar-refractivity contribution is 7.98. The highest BCUT2D eigenvalue weighted by Gasteiger charge is 2.22. The zero-order chi connectivity index (χ0) is 24.6. The Balaban J connectivity index is 1.58. The summed E-state index contributed by atoms with van der Waals surface area (Å²) in [6.45, 7) is 4.15. The molecule has 1 aromatic heterocycles. The summed E-state index contributed by atoms with van der Waals surface area (Å²) in [5.74, 6) is -0.337. The number of carbonyl (C=O) groups is 2. The fourth-order valence-corrected chi connectivity index (χ4v) is 5.46. The molecule has 0 saturated carbocycles. The molecule has 178 valence electrons. The lowest BCUT2D eigenvalue weighted by molar-refractivity contribution is 0.0846. The molecule has 2 aromatic carbocycles. The van der Waals surface area contributed by atoms with Crippen LogP contribution in [0.3, 0.4) is 0 Å². The van der Waals surface area contributed by atoms with E-state index in [1.807, 2.05) is 30.5 Å². The van der Waals surface area contributed by atoms with Crippen molar-refractivity contribution in [1.29, 1.82) is 0 Å². The number of nitrogens with one attached hydrogen (secondary N) is 2. The van der Waals surface area contributed by atoms with Crippen molar-refractivity contribution in [2.24, 2.45) is 0 Å². The summed E-state index contributed by atoms with van der Waals surface area (Å²) in [6.07, 6.45) is 3.54. The van der Waals surface area contributed by atoms with E-state index in [9.17, 15) is 18.0 Å². The van der Waals surface area contributed by atoms with Crippen LogP contribution in [-0.4, -0.2) is 42.6 Å². The van der Waals surface area contributed by atoms with Gasteiger partial charge in [0.15, 0.2) is 0 Å². The number of nitrogens with zero attached hydrogens (tertiary/aromatic N) is 2. The smallest absolute Gasteiger partial charge is 0.267 e. The average Bonchev–Trinajstić information content (AvgIpc) is 2.87. The van der Waals surface area contributed by atoms with Crippen LogP contribution in [-0.2, 0) is 15.8 Å². The van der Waals surface area contributed by atoms with Gasteiger partial charge in [0.05, 0.1) is 4.90 Å². The third-order valence-corrected chi connectivity index (χ3v) is 8.10. The molecule has 3 aromatic rings. The maximum absolute atomic E-state index is 12.7. The van der Waals surface area contributed by atoms with Crippen molar-refractivity contribution in [3.63, 3.8) is 0 Å². The zero-order valence-corrected chi connectivity index (χ0v) is 20.5. The minimum absolute atomic E-state index is 0.0227. The molecule has 3 rings (SSSR count). The van der Waals surface area contributed by atoms with Crippen LogP contribution >= 0.6 is 11.8 Å². The predicted octanol–water partition coefficient (Wildman–Crippen LogP) is 3.48. The van der Waals surface area contributed by atoms with Crippen LogP contribution in [0.15, 0.2) is 82.8 Å². The minimum Gasteiger partial charge on any atom is -0.267 e. The molecule has 10 heteroatoms. The average molecular weight is 499 g/mol. The number of hydrazine groups is 1. The van der Waals surface area contributed by atoms with Gasteiger partial charge in [0.25, 0.3) is 11.8 Å². The number of amides is 2. The molecular formula is C24H26N4O4S2. The topological polar surface area (TPSA) is 108 Å². The molecule has 2 amide bonds. The van der Waals surface area contributed by atoms with Crippen molar-refractivity contribution in [2.75, 3.05) is 13.1 Å². The highest BCUT2D eigenvalue weighted by atomic mass is 32.2. The summed E-state index contributed by atoms with van der Waals surface area (Å²) in [5.41, 5.74) is 6.30. The Hall–Kier alpha value is -3.21. The van der Waals surface area contributed by atoms with E-state index < -0.39 is 21.8 Å². The second kappa shape index (κ2) is 11.8. The molecule has 0 unspecified atom stereocenters. The van der Waals surface area contributed by atoms with Gasteiger partial charge in [0.1, 0.15) is 0 Å². The first-order chi connectivity index (χ1) is 16.3.